The molecule has 0 saturated carbocycles. The zero-order valence-corrected chi connectivity index (χ0v) is 14.3. The summed E-state index contributed by atoms with van der Waals surface area (Å²) >= 11 is 0. The molecule has 0 saturated heterocycles. The molecule has 0 aromatic carbocycles. The Hall–Kier alpha value is 4.20. The Balaban J connectivity index is -0.0000000221. The van der Waals surface area contributed by atoms with Crippen LogP contribution in [0.2, 0.25) is 0 Å². The van der Waals surface area contributed by atoms with Gasteiger partial charge in [-0.05, 0) is 0 Å². The molecule has 0 aliphatic carbocycles. The van der Waals surface area contributed by atoms with E-state index >= 15 is 0 Å². The van der Waals surface area contributed by atoms with Crippen molar-refractivity contribution in [2.24, 2.45) is 0 Å². The largest absolute Gasteiger partial charge is 2.00 e. The summed E-state index contributed by atoms with van der Waals surface area (Å²) in [5, 5.41) is 0. The van der Waals surface area contributed by atoms with Crippen LogP contribution in [0.15, 0.2) is 0 Å². The van der Waals surface area contributed by atoms with E-state index < -0.39 is 16.4 Å². The number of hydrogen-bond acceptors (Lipinski definition) is 7. The van der Waals surface area contributed by atoms with Crippen LogP contribution in [0.25, 0.3) is 0 Å². The summed E-state index contributed by atoms with van der Waals surface area (Å²) in [6, 6.07) is 0. The minimum absolute atomic E-state index is 0. The average Bonchev–Trinajstić information content (AvgIpc) is 1.19. The molecule has 12 heteroatoms. The Kier molecular flexibility index (Phi) is 43.7. The minimum Gasteiger partial charge on any atom is -0.854 e. The molecule has 0 radical (unpaired) electrons. The van der Waals surface area contributed by atoms with Crippen molar-refractivity contribution in [3.05, 3.63) is 0 Å². The van der Waals surface area contributed by atoms with Gasteiger partial charge < -0.3 is 42.5 Å². The maximum Gasteiger partial charge on any atom is 2.00 e. The van der Waals surface area contributed by atoms with Gasteiger partial charge in [0.05, 0.1) is 0 Å². The van der Waals surface area contributed by atoms with Gasteiger partial charge in [0.2, 0.25) is 0 Å². The summed E-state index contributed by atoms with van der Waals surface area (Å²) in [4.78, 5) is 51.1. The standard InChI is InChI=1S/3Ca.H3O4P.O3P/c;;;1-5(2,3)4;1-4(2)3/h;;;(H3,1,2,3,4);/q3*+2;;-3/p-3. The van der Waals surface area contributed by atoms with Gasteiger partial charge in [-0.25, -0.2) is 0 Å². The van der Waals surface area contributed by atoms with Crippen molar-refractivity contribution >= 4 is 130 Å². The summed E-state index contributed by atoms with van der Waals surface area (Å²) < 4.78 is 8.55. The van der Waals surface area contributed by atoms with Crippen molar-refractivity contribution in [3.8, 4) is 0 Å². The molecule has 0 rings (SSSR count). The maximum atomic E-state index is 8.55. The first-order chi connectivity index (χ1) is 3.73. The van der Waals surface area contributed by atoms with Crippen molar-refractivity contribution in [1.29, 1.82) is 0 Å². The molecular weight excluding hydrogens is 294 g/mol. The molecule has 0 aliphatic rings. The predicted molar refractivity (Wildman–Crippen MR) is 31.8 cm³/mol. The molecule has 0 heterocycles. The third kappa shape index (κ3) is 140. The first-order valence-corrected chi connectivity index (χ1v) is 3.83. The number of phosphoric acid groups is 1. The fourth-order valence-electron chi connectivity index (χ4n) is 0. The van der Waals surface area contributed by atoms with E-state index in [2.05, 4.69) is 0 Å². The molecule has 0 bridgehead atoms. The fraction of sp³-hybridized carbons (Fsp3) is 0. The Labute approximate surface area is 160 Å². The Morgan fingerprint density at radius 2 is 0.833 bits per heavy atom. The van der Waals surface area contributed by atoms with Crippen LogP contribution in [0.4, 0.5) is 0 Å². The van der Waals surface area contributed by atoms with Gasteiger partial charge in [-0.15, -0.1) is 0 Å². The molecule has 0 amide bonds. The van der Waals surface area contributed by atoms with Gasteiger partial charge >= 0.3 is 113 Å². The first kappa shape index (κ1) is 29.8. The molecular formula is Ca3O7P2. The first-order valence-electron chi connectivity index (χ1n) is 1.28. The third-order valence-electron chi connectivity index (χ3n) is 0. The predicted octanol–water partition coefficient (Wildman–Crippen LogP) is -6.67. The molecule has 0 atom stereocenters. The van der Waals surface area contributed by atoms with Crippen LogP contribution in [-0.2, 0) is 4.57 Å². The average molecular weight is 294 g/mol. The van der Waals surface area contributed by atoms with Crippen LogP contribution in [0, 0.1) is 0 Å². The summed E-state index contributed by atoms with van der Waals surface area (Å²) in [7, 11) is -8.76. The van der Waals surface area contributed by atoms with Crippen LogP contribution in [0.3, 0.4) is 0 Å². The Morgan fingerprint density at radius 3 is 0.833 bits per heavy atom. The Bertz CT molecular complexity index is 87.8. The molecule has 0 aromatic rings. The van der Waals surface area contributed by atoms with Gasteiger partial charge in [-0.3, -0.25) is 0 Å². The molecule has 0 aromatic heterocycles. The van der Waals surface area contributed by atoms with E-state index in [4.69, 9.17) is 33.9 Å². The molecule has 58 valence electrons. The molecule has 0 N–H and O–H groups in total. The second-order valence-electron chi connectivity index (χ2n) is 0.671. The molecule has 12 heavy (non-hydrogen) atoms. The van der Waals surface area contributed by atoms with E-state index in [1.807, 2.05) is 0 Å². The van der Waals surface area contributed by atoms with Gasteiger partial charge in [0.1, 0.15) is 0 Å². The van der Waals surface area contributed by atoms with Gasteiger partial charge in [0.25, 0.3) is 0 Å². The summed E-state index contributed by atoms with van der Waals surface area (Å²) in [5.74, 6) is 0. The quantitative estimate of drug-likeness (QED) is 0.317. The Morgan fingerprint density at radius 1 is 0.833 bits per heavy atom. The number of hydrogen-bond donors (Lipinski definition) is 0. The molecule has 7 nitrogen and oxygen atoms in total. The monoisotopic (exact) mass is 294 g/mol. The third-order valence-corrected chi connectivity index (χ3v) is 0. The van der Waals surface area contributed by atoms with Crippen molar-refractivity contribution in [2.75, 3.05) is 0 Å². The van der Waals surface area contributed by atoms with E-state index in [0.29, 0.717) is 0 Å². The van der Waals surface area contributed by atoms with Crippen LogP contribution in [0.5, 0.6) is 0 Å². The van der Waals surface area contributed by atoms with Gasteiger partial charge in [0, 0.05) is 0 Å². The molecule has 0 unspecified atom stereocenters. The van der Waals surface area contributed by atoms with Gasteiger partial charge in [-0.2, -0.15) is 7.82 Å². The maximum absolute atomic E-state index is 8.55. The topological polar surface area (TPSA) is 155 Å². The summed E-state index contributed by atoms with van der Waals surface area (Å²) in [6.45, 7) is 0. The second kappa shape index (κ2) is 17.6. The summed E-state index contributed by atoms with van der Waals surface area (Å²) in [5.41, 5.74) is 0. The van der Waals surface area contributed by atoms with E-state index in [1.165, 1.54) is 0 Å². The van der Waals surface area contributed by atoms with Crippen molar-refractivity contribution in [2.45, 2.75) is 0 Å². The van der Waals surface area contributed by atoms with Crippen molar-refractivity contribution in [1.82, 2.24) is 0 Å². The van der Waals surface area contributed by atoms with Gasteiger partial charge in [-0.1, -0.05) is 0 Å². The molecule has 0 fully saturated rings. The number of rotatable bonds is 0. The van der Waals surface area contributed by atoms with Crippen LogP contribution in [0.1, 0.15) is 0 Å². The van der Waals surface area contributed by atoms with E-state index in [9.17, 15) is 0 Å². The van der Waals surface area contributed by atoms with Crippen molar-refractivity contribution < 1.29 is 33.9 Å². The fourth-order valence-corrected chi connectivity index (χ4v) is 0. The smallest absolute Gasteiger partial charge is 0.854 e. The zero-order chi connectivity index (χ0) is 8.08. The van der Waals surface area contributed by atoms with Crippen molar-refractivity contribution in [3.63, 3.8) is 0 Å². The van der Waals surface area contributed by atoms with Crippen LogP contribution >= 0.6 is 16.4 Å². The van der Waals surface area contributed by atoms with E-state index in [0.717, 1.165) is 0 Å². The minimum atomic E-state index is -5.39. The molecule has 0 spiro atoms. The molecule has 0 aliphatic heterocycles. The van der Waals surface area contributed by atoms with Crippen LogP contribution < -0.4 is 29.4 Å². The van der Waals surface area contributed by atoms with E-state index in [1.54, 1.807) is 0 Å². The van der Waals surface area contributed by atoms with Gasteiger partial charge in [0.15, 0.2) is 0 Å². The van der Waals surface area contributed by atoms with E-state index in [-0.39, 0.29) is 113 Å². The second-order valence-corrected chi connectivity index (χ2v) is 2.01. The zero-order valence-electron chi connectivity index (χ0n) is 5.87. The van der Waals surface area contributed by atoms with Crippen LogP contribution in [-0.4, -0.2) is 113 Å². The normalized spacial score (nSPS) is 7.92. The summed E-state index contributed by atoms with van der Waals surface area (Å²) in [6.07, 6.45) is 0. The SMILES string of the molecule is O=P([O-])([O-])[O-].[Ca+2].[Ca+2].[Ca+2].[O-]P([O-])[O-].